The summed E-state index contributed by atoms with van der Waals surface area (Å²) in [6, 6.07) is 1.58. The zero-order chi connectivity index (χ0) is 29.6. The molecule has 0 saturated heterocycles. The van der Waals surface area contributed by atoms with Gasteiger partial charge in [0.05, 0.1) is 11.4 Å². The molecule has 1 heterocycles. The average Bonchev–Trinajstić information content (AvgIpc) is 3.46. The van der Waals surface area contributed by atoms with E-state index in [2.05, 4.69) is 60.3 Å². The van der Waals surface area contributed by atoms with E-state index in [1.807, 2.05) is 18.9 Å². The van der Waals surface area contributed by atoms with Gasteiger partial charge in [-0.1, -0.05) is 12.1 Å². The van der Waals surface area contributed by atoms with Gasteiger partial charge in [0.25, 0.3) is 0 Å². The molecule has 5 rings (SSSR count). The molecular weight excluding hydrogens is 672 g/mol. The number of carbonyl (C=O) groups excluding carboxylic acids is 1. The van der Waals surface area contributed by atoms with Crippen molar-refractivity contribution in [2.45, 2.75) is 77.7 Å². The standard InChI is InChI=1S/C30H38Br2N4O4S/c1-15-14-33-29(41-15)34-24(37)9-6-17-12-23(35-40-5)30(3)11-10-18-19(25(17)30)7-8-20-21(18)13-22(31)27(26(20)32)36(4)16(2)28(38)39/h13-14,16-19,25H,6-12H2,1-5H3,(H,38,39)(H,33,34,37)/b35-23-/t16?,17-,18?,19?,25?,30-/m1/s1. The van der Waals surface area contributed by atoms with E-state index in [1.54, 1.807) is 20.2 Å². The molecule has 41 heavy (non-hydrogen) atoms. The minimum Gasteiger partial charge on any atom is -0.480 e. The predicted molar refractivity (Wildman–Crippen MR) is 170 cm³/mol. The average molecular weight is 711 g/mol. The van der Waals surface area contributed by atoms with Gasteiger partial charge in [0, 0.05) is 38.9 Å². The number of amides is 1. The SMILES string of the molecule is CO/N=C1/C[C@@H](CCC(=O)Nc2ncc(C)s2)C2C3CCc4c(cc(Br)c(N(C)C(C)C(=O)O)c4Br)C3CC[C@]12C. The number of carboxylic acid groups (broad SMARTS) is 1. The largest absolute Gasteiger partial charge is 0.480 e. The number of rotatable bonds is 8. The maximum absolute atomic E-state index is 12.9. The highest BCUT2D eigenvalue weighted by atomic mass is 79.9. The maximum Gasteiger partial charge on any atom is 0.326 e. The summed E-state index contributed by atoms with van der Waals surface area (Å²) in [5.74, 6) is 0.787. The lowest BCUT2D eigenvalue weighted by molar-refractivity contribution is -0.138. The molecule has 4 unspecified atom stereocenters. The van der Waals surface area contributed by atoms with Crippen LogP contribution in [0.2, 0.25) is 0 Å². The molecule has 3 aliphatic carbocycles. The van der Waals surface area contributed by atoms with E-state index in [0.29, 0.717) is 35.2 Å². The van der Waals surface area contributed by atoms with Crippen LogP contribution in [-0.4, -0.2) is 47.9 Å². The van der Waals surface area contributed by atoms with Crippen LogP contribution in [0.5, 0.6) is 0 Å². The first-order valence-corrected chi connectivity index (χ1v) is 16.7. The Labute approximate surface area is 262 Å². The number of nitrogens with zero attached hydrogens (tertiary/aromatic N) is 3. The van der Waals surface area contributed by atoms with Crippen LogP contribution >= 0.6 is 43.2 Å². The van der Waals surface area contributed by atoms with Gasteiger partial charge in [0.1, 0.15) is 13.2 Å². The molecule has 1 amide bonds. The number of fused-ring (bicyclic) bond motifs is 5. The molecule has 2 fully saturated rings. The minimum atomic E-state index is -0.855. The number of hydrogen-bond donors (Lipinski definition) is 2. The van der Waals surface area contributed by atoms with Gasteiger partial charge in [-0.3, -0.25) is 4.79 Å². The molecule has 0 aliphatic heterocycles. The van der Waals surface area contributed by atoms with Crippen molar-refractivity contribution in [2.24, 2.45) is 28.3 Å². The van der Waals surface area contributed by atoms with Crippen LogP contribution in [0.1, 0.15) is 74.3 Å². The molecular formula is C30H38Br2N4O4S. The van der Waals surface area contributed by atoms with E-state index < -0.39 is 12.0 Å². The second-order valence-corrected chi connectivity index (χ2v) is 14.9. The number of carboxylic acids is 1. The van der Waals surface area contributed by atoms with Crippen LogP contribution in [0.15, 0.2) is 26.4 Å². The zero-order valence-corrected chi connectivity index (χ0v) is 28.2. The van der Waals surface area contributed by atoms with Gasteiger partial charge in [-0.15, -0.1) is 11.3 Å². The maximum atomic E-state index is 12.9. The highest BCUT2D eigenvalue weighted by Gasteiger charge is 2.58. The lowest BCUT2D eigenvalue weighted by Gasteiger charge is -2.51. The van der Waals surface area contributed by atoms with E-state index in [1.165, 1.54) is 22.5 Å². The summed E-state index contributed by atoms with van der Waals surface area (Å²) < 4.78 is 1.90. The van der Waals surface area contributed by atoms with E-state index >= 15 is 0 Å². The Bertz CT molecular complexity index is 1380. The molecule has 3 aliphatic rings. The van der Waals surface area contributed by atoms with Crippen LogP contribution in [-0.2, 0) is 20.8 Å². The first-order chi connectivity index (χ1) is 19.5. The predicted octanol–water partition coefficient (Wildman–Crippen LogP) is 7.39. The number of aromatic nitrogens is 1. The smallest absolute Gasteiger partial charge is 0.326 e. The number of aliphatic carboxylic acids is 1. The number of aryl methyl sites for hydroxylation is 1. The highest BCUT2D eigenvalue weighted by Crippen LogP contribution is 2.63. The number of halogens is 2. The number of oxime groups is 1. The molecule has 0 radical (unpaired) electrons. The number of likely N-dealkylation sites (N-methyl/N-ethyl adjacent to an activating group) is 1. The fourth-order valence-corrected chi connectivity index (χ4v) is 10.4. The first kappa shape index (κ1) is 30.5. The first-order valence-electron chi connectivity index (χ1n) is 14.2. The van der Waals surface area contributed by atoms with Crippen molar-refractivity contribution in [3.8, 4) is 0 Å². The number of nitrogens with one attached hydrogen (secondary N) is 1. The molecule has 222 valence electrons. The number of hydrogen-bond acceptors (Lipinski definition) is 7. The van der Waals surface area contributed by atoms with E-state index in [4.69, 9.17) is 4.84 Å². The summed E-state index contributed by atoms with van der Waals surface area (Å²) in [7, 11) is 3.46. The summed E-state index contributed by atoms with van der Waals surface area (Å²) in [5.41, 5.74) is 4.61. The normalized spacial score (nSPS) is 28.4. The van der Waals surface area contributed by atoms with E-state index in [-0.39, 0.29) is 11.3 Å². The van der Waals surface area contributed by atoms with Gasteiger partial charge < -0.3 is 20.2 Å². The van der Waals surface area contributed by atoms with Crippen molar-refractivity contribution < 1.29 is 19.5 Å². The summed E-state index contributed by atoms with van der Waals surface area (Å²) in [6.45, 7) is 6.05. The van der Waals surface area contributed by atoms with Crippen LogP contribution in [0.3, 0.4) is 0 Å². The quantitative estimate of drug-likeness (QED) is 0.277. The molecule has 2 saturated carbocycles. The molecule has 11 heteroatoms. The number of carbonyl (C=O) groups is 2. The number of thiazole rings is 1. The fraction of sp³-hybridized carbons (Fsp3) is 0.600. The summed E-state index contributed by atoms with van der Waals surface area (Å²) in [4.78, 5) is 37.1. The Hall–Kier alpha value is -1.98. The van der Waals surface area contributed by atoms with Crippen molar-refractivity contribution in [2.75, 3.05) is 24.4 Å². The van der Waals surface area contributed by atoms with Gasteiger partial charge >= 0.3 is 5.97 Å². The monoisotopic (exact) mass is 708 g/mol. The third-order valence-corrected chi connectivity index (χ3v) is 12.2. The van der Waals surface area contributed by atoms with Crippen molar-refractivity contribution in [3.63, 3.8) is 0 Å². The van der Waals surface area contributed by atoms with Gasteiger partial charge in [0.15, 0.2) is 5.13 Å². The van der Waals surface area contributed by atoms with Gasteiger partial charge in [-0.25, -0.2) is 9.78 Å². The van der Waals surface area contributed by atoms with E-state index in [0.717, 1.165) is 63.7 Å². The molecule has 1 aromatic heterocycles. The minimum absolute atomic E-state index is 0.0135. The molecule has 2 N–H and O–H groups in total. The highest BCUT2D eigenvalue weighted by molar-refractivity contribution is 9.11. The number of benzene rings is 1. The topological polar surface area (TPSA) is 104 Å². The third kappa shape index (κ3) is 5.58. The molecule has 2 aromatic rings. The Morgan fingerprint density at radius 3 is 2.78 bits per heavy atom. The van der Waals surface area contributed by atoms with Crippen LogP contribution in [0.4, 0.5) is 10.8 Å². The third-order valence-electron chi connectivity index (χ3n) is 9.87. The van der Waals surface area contributed by atoms with Gasteiger partial charge in [-0.05, 0) is 125 Å². The lowest BCUT2D eigenvalue weighted by atomic mass is 9.54. The van der Waals surface area contributed by atoms with Gasteiger partial charge in [0.2, 0.25) is 5.91 Å². The second kappa shape index (κ2) is 12.0. The molecule has 0 spiro atoms. The number of anilines is 2. The summed E-state index contributed by atoms with van der Waals surface area (Å²) in [6.07, 6.45) is 7.96. The van der Waals surface area contributed by atoms with Crippen molar-refractivity contribution in [1.82, 2.24) is 4.98 Å². The molecule has 8 nitrogen and oxygen atoms in total. The van der Waals surface area contributed by atoms with Crippen molar-refractivity contribution >= 4 is 71.6 Å². The Kier molecular flexibility index (Phi) is 8.89. The fourth-order valence-electron chi connectivity index (χ4n) is 7.83. The van der Waals surface area contributed by atoms with Crippen LogP contribution in [0.25, 0.3) is 0 Å². The second-order valence-electron chi connectivity index (χ2n) is 12.1. The summed E-state index contributed by atoms with van der Waals surface area (Å²) in [5, 5.41) is 17.8. The summed E-state index contributed by atoms with van der Waals surface area (Å²) >= 11 is 9.17. The van der Waals surface area contributed by atoms with Gasteiger partial charge in [-0.2, -0.15) is 0 Å². The lowest BCUT2D eigenvalue weighted by Crippen LogP contribution is -2.44. The Morgan fingerprint density at radius 2 is 2.12 bits per heavy atom. The Balaban J connectivity index is 1.42. The van der Waals surface area contributed by atoms with Crippen LogP contribution < -0.4 is 10.2 Å². The molecule has 0 bridgehead atoms. The molecule has 1 aromatic carbocycles. The van der Waals surface area contributed by atoms with Crippen molar-refractivity contribution in [1.29, 1.82) is 0 Å². The zero-order valence-electron chi connectivity index (χ0n) is 24.2. The Morgan fingerprint density at radius 1 is 1.37 bits per heavy atom. The van der Waals surface area contributed by atoms with Crippen LogP contribution in [0, 0.1) is 30.1 Å². The van der Waals surface area contributed by atoms with E-state index in [9.17, 15) is 14.7 Å². The molecule has 6 atom stereocenters. The van der Waals surface area contributed by atoms with Crippen molar-refractivity contribution in [3.05, 3.63) is 37.2 Å².